The number of aryl methyl sites for hydroxylation is 1. The molecule has 2 aromatic heterocycles. The van der Waals surface area contributed by atoms with Gasteiger partial charge in [-0.2, -0.15) is 52.6 Å². The number of halogens is 1. The van der Waals surface area contributed by atoms with Crippen molar-refractivity contribution in [3.8, 4) is 23.8 Å². The first-order chi connectivity index (χ1) is 45.2. The van der Waals surface area contributed by atoms with E-state index in [1.54, 1.807) is 6.07 Å². The number of nitriles is 2. The second-order valence-corrected chi connectivity index (χ2v) is 30.6. The summed E-state index contributed by atoms with van der Waals surface area (Å²) < 4.78 is 174. The van der Waals surface area contributed by atoms with Crippen LogP contribution in [0.25, 0.3) is 16.7 Å². The molecule has 0 saturated heterocycles. The molecule has 35 nitrogen and oxygen atoms in total. The second-order valence-electron chi connectivity index (χ2n) is 20.3. The van der Waals surface area contributed by atoms with E-state index in [0.29, 0.717) is 0 Å². The smallest absolute Gasteiger partial charge is 0.296 e. The Morgan fingerprint density at radius 2 is 1.03 bits per heavy atom. The van der Waals surface area contributed by atoms with Crippen LogP contribution in [0.15, 0.2) is 121 Å². The molecule has 0 aliphatic rings. The Balaban J connectivity index is 1.40. The third kappa shape index (κ3) is 20.5. The van der Waals surface area contributed by atoms with E-state index in [9.17, 15) is 94.9 Å². The molecule has 2 heterocycles. The SMILES string of the molecule is CC(=O)Nc1cc(N=Nc2cc(SCCCS(=O)(=O)O)c(N=Nc3cc(OCCCS(=O)(=O)O)c(N=Nc4c(C)c(C#N)c5nc6c(C)cc(S(=O)(=O)O)cc6n5c4O)cc3NC(C)=O)cc2NC(C)=O)c(SCCCS(=O)(=O)O)cc1N=Nc1cc(S(=O)(=O)O)c(Cl)cc1C#N. The third-order valence-corrected chi connectivity index (χ3v) is 19.6. The minimum Gasteiger partial charge on any atom is -0.493 e. The molecular formula is C54H52ClN15O20S7. The molecule has 3 amide bonds. The van der Waals surface area contributed by atoms with Crippen LogP contribution in [0.3, 0.4) is 0 Å². The highest BCUT2D eigenvalue weighted by atomic mass is 35.5. The van der Waals surface area contributed by atoms with Gasteiger partial charge in [0.25, 0.3) is 50.6 Å². The summed E-state index contributed by atoms with van der Waals surface area (Å²) in [4.78, 5) is 41.8. The van der Waals surface area contributed by atoms with E-state index in [2.05, 4.69) is 61.8 Å². The number of nitrogens with one attached hydrogen (secondary N) is 3. The van der Waals surface area contributed by atoms with E-state index in [0.717, 1.165) is 79.0 Å². The molecule has 0 bridgehead atoms. The van der Waals surface area contributed by atoms with Crippen molar-refractivity contribution in [2.45, 2.75) is 73.5 Å². The van der Waals surface area contributed by atoms with Crippen LogP contribution in [-0.2, 0) is 65.0 Å². The average Bonchev–Trinajstić information content (AvgIpc) is 1.59. The van der Waals surface area contributed by atoms with E-state index in [1.807, 2.05) is 6.07 Å². The summed E-state index contributed by atoms with van der Waals surface area (Å²) >= 11 is 7.88. The number of benzene rings is 5. The van der Waals surface area contributed by atoms with Gasteiger partial charge in [-0.25, -0.2) is 4.98 Å². The number of azo groups is 4. The number of aromatic hydroxyl groups is 1. The van der Waals surface area contributed by atoms with Gasteiger partial charge < -0.3 is 25.8 Å². The number of aromatic nitrogens is 2. The molecule has 0 atom stereocenters. The summed E-state index contributed by atoms with van der Waals surface area (Å²) in [7, 11) is -23.2. The number of ether oxygens (including phenoxy) is 1. The van der Waals surface area contributed by atoms with Crippen LogP contribution < -0.4 is 20.7 Å². The quantitative estimate of drug-likeness (QED) is 0.00952. The van der Waals surface area contributed by atoms with Gasteiger partial charge in [-0.05, 0) is 105 Å². The first-order valence-electron chi connectivity index (χ1n) is 27.3. The number of rotatable bonds is 28. The molecule has 9 N–H and O–H groups in total. The van der Waals surface area contributed by atoms with Crippen molar-refractivity contribution < 1.29 is 89.1 Å². The van der Waals surface area contributed by atoms with Crippen LogP contribution in [-0.4, -0.2) is 132 Å². The zero-order valence-corrected chi connectivity index (χ0v) is 57.1. The van der Waals surface area contributed by atoms with Gasteiger partial charge in [0.15, 0.2) is 11.3 Å². The molecule has 0 fully saturated rings. The number of pyridine rings is 1. The molecule has 0 saturated carbocycles. The van der Waals surface area contributed by atoms with Crippen molar-refractivity contribution in [3.05, 3.63) is 87.9 Å². The third-order valence-electron chi connectivity index (χ3n) is 12.8. The highest BCUT2D eigenvalue weighted by Crippen LogP contribution is 2.47. The van der Waals surface area contributed by atoms with Crippen molar-refractivity contribution in [2.75, 3.05) is 51.3 Å². The van der Waals surface area contributed by atoms with Crippen molar-refractivity contribution in [3.63, 3.8) is 0 Å². The zero-order chi connectivity index (χ0) is 71.7. The van der Waals surface area contributed by atoms with Gasteiger partial charge in [0.1, 0.15) is 68.2 Å². The van der Waals surface area contributed by atoms with Crippen LogP contribution in [0.5, 0.6) is 11.6 Å². The fourth-order valence-corrected chi connectivity index (χ4v) is 14.0. The van der Waals surface area contributed by atoms with Crippen molar-refractivity contribution in [1.82, 2.24) is 9.38 Å². The summed E-state index contributed by atoms with van der Waals surface area (Å²) in [5.41, 5.74) is -2.47. The molecular weight excluding hydrogens is 1440 g/mol. The van der Waals surface area contributed by atoms with Crippen molar-refractivity contribution in [2.24, 2.45) is 40.9 Å². The largest absolute Gasteiger partial charge is 0.493 e. The number of hydrogen-bond donors (Lipinski definition) is 9. The van der Waals surface area contributed by atoms with Gasteiger partial charge in [-0.1, -0.05) is 11.6 Å². The Morgan fingerprint density at radius 1 is 0.577 bits per heavy atom. The van der Waals surface area contributed by atoms with Gasteiger partial charge >= 0.3 is 0 Å². The molecule has 0 radical (unpaired) electrons. The van der Waals surface area contributed by atoms with Gasteiger partial charge in [-0.15, -0.1) is 64.4 Å². The van der Waals surface area contributed by atoms with Crippen LogP contribution in [0.4, 0.5) is 62.6 Å². The lowest BCUT2D eigenvalue weighted by Gasteiger charge is -2.14. The van der Waals surface area contributed by atoms with Gasteiger partial charge in [0, 0.05) is 42.2 Å². The van der Waals surface area contributed by atoms with Crippen LogP contribution in [0.2, 0.25) is 5.02 Å². The summed E-state index contributed by atoms with van der Waals surface area (Å²) in [5, 5.41) is 73.4. The van der Waals surface area contributed by atoms with Crippen molar-refractivity contribution >= 4 is 183 Å². The number of nitrogens with zero attached hydrogens (tertiary/aromatic N) is 12. The van der Waals surface area contributed by atoms with Crippen molar-refractivity contribution in [1.29, 1.82) is 10.5 Å². The number of fused-ring (bicyclic) bond motifs is 3. The Hall–Kier alpha value is -9.02. The topological polar surface area (TPSA) is 552 Å². The number of thioether (sulfide) groups is 2. The Labute approximate surface area is 565 Å². The highest BCUT2D eigenvalue weighted by Gasteiger charge is 2.26. The molecule has 43 heteroatoms. The predicted molar refractivity (Wildman–Crippen MR) is 353 cm³/mol. The summed E-state index contributed by atoms with van der Waals surface area (Å²) in [5.74, 6) is -5.29. The number of amides is 3. The van der Waals surface area contributed by atoms with E-state index in [1.165, 1.54) is 44.2 Å². The highest BCUT2D eigenvalue weighted by molar-refractivity contribution is 7.99. The summed E-state index contributed by atoms with van der Waals surface area (Å²) in [6, 6.07) is 15.0. The molecule has 0 aliphatic carbocycles. The fourth-order valence-electron chi connectivity index (χ4n) is 8.64. The van der Waals surface area contributed by atoms with Crippen LogP contribution >= 0.6 is 35.1 Å². The first-order valence-corrected chi connectivity index (χ1v) is 37.3. The molecule has 97 heavy (non-hydrogen) atoms. The Kier molecular flexibility index (Phi) is 24.1. The number of imidazole rings is 1. The molecule has 0 spiro atoms. The fraction of sp³-hybridized carbons (Fsp3) is 0.259. The standard InChI is InChI=1S/C54H52ClN15O20S7/c1-27-15-33(96(84,85)86)17-46-51(27)61-53-34(26-57)28(2)52(54(74)70(46)53)69-66-43-18-37(58-29(3)71)40(21-47(43)90-9-6-12-93(75,76)77)63-67-44-20-39(60-31(5)73)42(23-49(44)92-11-8-14-95(81,82)83)65-68-45-19-38(59-30(4)72)41(22-48(45)91-10-7-13-94(78,79)80)64-62-36-24-50(97(87,88)89)35(55)16-32(36)25-56/h15-24,74H,6-14H2,1-5H3,(H,58,71)(H,59,72)(H,60,73)(H,75,76,77)(H,78,79,80)(H,81,82,83)(H,84,85,86)(H,87,88,89). The van der Waals surface area contributed by atoms with Crippen LogP contribution in [0, 0.1) is 36.5 Å². The normalized spacial score (nSPS) is 12.5. The van der Waals surface area contributed by atoms with E-state index >= 15 is 0 Å². The van der Waals surface area contributed by atoms with E-state index in [4.69, 9.17) is 16.3 Å². The number of carbonyl (C=O) groups excluding carboxylic acids is 3. The molecule has 512 valence electrons. The number of hydrogen-bond acceptors (Lipinski definition) is 28. The summed E-state index contributed by atoms with van der Waals surface area (Å²) in [6.45, 7) is 5.79. The molecule has 7 aromatic rings. The molecule has 5 aromatic carbocycles. The number of anilines is 3. The zero-order valence-electron chi connectivity index (χ0n) is 50.6. The molecule has 0 aliphatic heterocycles. The maximum absolute atomic E-state index is 12.9. The van der Waals surface area contributed by atoms with Gasteiger partial charge in [0.2, 0.25) is 23.6 Å². The van der Waals surface area contributed by atoms with E-state index in [-0.39, 0.29) is 142 Å². The van der Waals surface area contributed by atoms with E-state index < -0.39 is 119 Å². The molecule has 0 unspecified atom stereocenters. The van der Waals surface area contributed by atoms with Crippen LogP contribution in [0.1, 0.15) is 62.3 Å². The van der Waals surface area contributed by atoms with Gasteiger partial charge in [-0.3, -0.25) is 41.5 Å². The first kappa shape index (κ1) is 75.4. The lowest BCUT2D eigenvalue weighted by Crippen LogP contribution is -2.09. The Morgan fingerprint density at radius 3 is 1.48 bits per heavy atom. The number of carbonyl (C=O) groups is 3. The maximum atomic E-state index is 12.9. The lowest BCUT2D eigenvalue weighted by molar-refractivity contribution is -0.115. The Bertz CT molecular complexity index is 5210. The monoisotopic (exact) mass is 1490 g/mol. The maximum Gasteiger partial charge on any atom is 0.296 e. The average molecular weight is 1490 g/mol. The predicted octanol–water partition coefficient (Wildman–Crippen LogP) is 11.6. The second kappa shape index (κ2) is 31.0. The summed E-state index contributed by atoms with van der Waals surface area (Å²) in [6.07, 6.45) is -0.619. The minimum atomic E-state index is -4.95. The molecule has 7 rings (SSSR count). The lowest BCUT2D eigenvalue weighted by atomic mass is 10.1. The minimum absolute atomic E-state index is 0.0111. The van der Waals surface area contributed by atoms with Gasteiger partial charge in [0.05, 0.1) is 67.4 Å².